The fourth-order valence-corrected chi connectivity index (χ4v) is 12.7. The highest BCUT2D eigenvalue weighted by atomic mass is 32.1. The minimum atomic E-state index is -2.44. The second-order valence-corrected chi connectivity index (χ2v) is 24.7. The van der Waals surface area contributed by atoms with Crippen LogP contribution in [0.1, 0.15) is 119 Å². The van der Waals surface area contributed by atoms with E-state index in [9.17, 15) is 38.4 Å². The van der Waals surface area contributed by atoms with E-state index in [1.165, 1.54) is 30.0 Å². The Bertz CT molecular complexity index is 2590. The molecule has 4 fully saturated rings. The number of hydrogen-bond donors (Lipinski definition) is 2. The minimum Gasteiger partial charge on any atom is -0.499 e. The van der Waals surface area contributed by atoms with Crippen molar-refractivity contribution in [2.24, 2.45) is 35.5 Å². The van der Waals surface area contributed by atoms with Crippen LogP contribution in [0.4, 0.5) is 4.79 Å². The van der Waals surface area contributed by atoms with E-state index in [-0.39, 0.29) is 81.1 Å². The van der Waals surface area contributed by atoms with Crippen molar-refractivity contribution >= 4 is 77.8 Å². The van der Waals surface area contributed by atoms with Gasteiger partial charge in [-0.2, -0.15) is 12.6 Å². The average Bonchev–Trinajstić information content (AvgIpc) is 2.39. The Labute approximate surface area is 487 Å². The van der Waals surface area contributed by atoms with Crippen LogP contribution in [0.15, 0.2) is 42.2 Å². The number of benzene rings is 1. The van der Waals surface area contributed by atoms with E-state index < -0.39 is 131 Å². The maximum Gasteiger partial charge on any atom is 0.413 e. The minimum absolute atomic E-state index is 0.0219. The lowest BCUT2D eigenvalue weighted by molar-refractivity contribution is -0.179. The van der Waals surface area contributed by atoms with Gasteiger partial charge in [0.15, 0.2) is 11.9 Å². The summed E-state index contributed by atoms with van der Waals surface area (Å²) in [6.07, 6.45) is 1.15. The van der Waals surface area contributed by atoms with Crippen molar-refractivity contribution < 1.29 is 71.7 Å². The van der Waals surface area contributed by atoms with Crippen molar-refractivity contribution in [3.8, 4) is 0 Å². The first kappa shape index (κ1) is 64.8. The van der Waals surface area contributed by atoms with E-state index >= 15 is 14.4 Å². The Morgan fingerprint density at radius 1 is 0.780 bits per heavy atom. The molecule has 22 nitrogen and oxygen atoms in total. The van der Waals surface area contributed by atoms with Crippen LogP contribution in [0.5, 0.6) is 0 Å². The topological polar surface area (TPSA) is 256 Å². The molecule has 1 N–H and O–H groups in total. The number of hydrogen-bond acceptors (Lipinski definition) is 17. The fraction of sp³-hybridized carbons (Fsp3) is 0.678. The fourth-order valence-electron chi connectivity index (χ4n) is 12.4. The molecule has 1 aromatic carbocycles. The second kappa shape index (κ2) is 27.8. The molecule has 8 atom stereocenters. The number of amides is 8. The average molecular weight is 1160 g/mol. The summed E-state index contributed by atoms with van der Waals surface area (Å²) in [6.45, 7) is 13.2. The molecular formula is C59H85N7O15S. The monoisotopic (exact) mass is 1160 g/mol. The van der Waals surface area contributed by atoms with Gasteiger partial charge < -0.3 is 34.1 Å². The smallest absolute Gasteiger partial charge is 0.413 e. The van der Waals surface area contributed by atoms with Crippen molar-refractivity contribution in [3.05, 3.63) is 47.7 Å². The Kier molecular flexibility index (Phi) is 22.0. The number of imide groups is 2. The van der Waals surface area contributed by atoms with E-state index in [1.54, 1.807) is 60.5 Å². The summed E-state index contributed by atoms with van der Waals surface area (Å²) in [5.74, 6) is -9.09. The quantitative estimate of drug-likeness (QED) is 0.0513. The van der Waals surface area contributed by atoms with Crippen LogP contribution in [0.3, 0.4) is 0 Å². The number of rotatable bonds is 23. The number of thiol groups is 1. The van der Waals surface area contributed by atoms with Crippen LogP contribution in [0, 0.1) is 35.5 Å². The number of likely N-dealkylation sites (N-methyl/N-ethyl adjacent to an activating group) is 2. The van der Waals surface area contributed by atoms with Gasteiger partial charge in [-0.05, 0) is 101 Å². The number of Topliss-reactive ketones (excluding diaryl/α,β-unsaturated/α-hetero) is 1. The van der Waals surface area contributed by atoms with Crippen LogP contribution in [0.25, 0.3) is 0 Å². The number of carbonyl (C=O) groups is 11. The molecule has 0 radical (unpaired) electrons. The van der Waals surface area contributed by atoms with Gasteiger partial charge in [0.05, 0.1) is 30.4 Å². The van der Waals surface area contributed by atoms with E-state index in [0.717, 1.165) is 20.3 Å². The largest absolute Gasteiger partial charge is 0.499 e. The van der Waals surface area contributed by atoms with Gasteiger partial charge in [-0.15, -0.1) is 0 Å². The number of ether oxygens (including phenoxy) is 4. The van der Waals surface area contributed by atoms with E-state index in [4.69, 9.17) is 18.9 Å². The third kappa shape index (κ3) is 14.0. The number of methoxy groups -OCH3 is 1. The SMILES string of the molecule is COC1=CC(=O)N(C(=O)[C@@H](OC(=O)[C@]2(C(=O)[C@@H](NC(=O)[C@H](C(C)C)N(C)C)C(C)C)CCCN2C(=O)[C@@H]2CCCN2C(=O)[C@H](C(C)C)N(C)C(=O)OCOC(=O)C2CCC(CN3C(=O)CC(S)C3=O)CC2)C(C)C)[C@H]1Cc1ccccc1. The summed E-state index contributed by atoms with van der Waals surface area (Å²) < 4.78 is 22.6. The summed E-state index contributed by atoms with van der Waals surface area (Å²) in [5.41, 5.74) is -1.65. The third-order valence-corrected chi connectivity index (χ3v) is 17.1. The van der Waals surface area contributed by atoms with Crippen molar-refractivity contribution in [3.63, 3.8) is 0 Å². The maximum absolute atomic E-state index is 15.7. The van der Waals surface area contributed by atoms with Gasteiger partial charge in [-0.25, -0.2) is 9.59 Å². The number of carbonyl (C=O) groups excluding carboxylic acids is 11. The molecule has 82 heavy (non-hydrogen) atoms. The summed E-state index contributed by atoms with van der Waals surface area (Å²) >= 11 is 4.19. The number of likely N-dealkylation sites (tertiary alicyclic amines) is 3. The zero-order chi connectivity index (χ0) is 60.7. The second-order valence-electron chi connectivity index (χ2n) is 24.0. The summed E-state index contributed by atoms with van der Waals surface area (Å²) in [5, 5.41) is 2.26. The normalized spacial score (nSPS) is 24.5. The van der Waals surface area contributed by atoms with Crippen molar-refractivity contribution in [1.29, 1.82) is 0 Å². The van der Waals surface area contributed by atoms with Crippen molar-refractivity contribution in [2.75, 3.05) is 54.7 Å². The molecule has 3 saturated heterocycles. The molecule has 1 aliphatic carbocycles. The standard InChI is InChI=1S/C59H85N7O15S/c1-33(2)46(60-51(70)47(34(3)4)61(9)10)50(69)59(57(76)81-49(36(7)8)55(74)66-41(42(78-12)29-45(66)68)28-37-18-14-13-15-19-37)25-17-27-65(59)52(71)40-20-16-26-63(40)54(73)48(35(5)6)62(11)58(77)80-32-79-56(75)39-23-21-38(22-24-39)31-64-44(67)30-43(82)53(64)72/h13-15,18-19,29,33-36,38-41,43,46-49,82H,16-17,20-28,30-32H2,1-12H3,(H,60,70)/t38?,39?,40-,41-,43?,46-,47-,48-,49-,59+/m0/s1. The summed E-state index contributed by atoms with van der Waals surface area (Å²) in [6, 6.07) is 3.74. The van der Waals surface area contributed by atoms with E-state index in [0.29, 0.717) is 32.1 Å². The van der Waals surface area contributed by atoms with E-state index in [1.807, 2.05) is 44.2 Å². The van der Waals surface area contributed by atoms with Gasteiger partial charge in [-0.1, -0.05) is 85.7 Å². The van der Waals surface area contributed by atoms with Crippen LogP contribution in [-0.4, -0.2) is 196 Å². The van der Waals surface area contributed by atoms with Gasteiger partial charge >= 0.3 is 18.0 Å². The van der Waals surface area contributed by atoms with Crippen LogP contribution in [-0.2, 0) is 73.3 Å². The van der Waals surface area contributed by atoms with Gasteiger partial charge in [0.2, 0.25) is 41.9 Å². The molecule has 4 aliphatic heterocycles. The van der Waals surface area contributed by atoms with Crippen LogP contribution in [0.2, 0.25) is 0 Å². The first-order valence-corrected chi connectivity index (χ1v) is 29.3. The predicted octanol–water partition coefficient (Wildman–Crippen LogP) is 4.17. The van der Waals surface area contributed by atoms with Crippen molar-refractivity contribution in [1.82, 2.24) is 34.7 Å². The number of nitrogens with one attached hydrogen (secondary N) is 1. The maximum atomic E-state index is 15.7. The lowest BCUT2D eigenvalue weighted by Crippen LogP contribution is -2.68. The Balaban J connectivity index is 1.23. The molecule has 23 heteroatoms. The third-order valence-electron chi connectivity index (χ3n) is 16.7. The first-order valence-electron chi connectivity index (χ1n) is 28.8. The molecule has 6 rings (SSSR count). The highest BCUT2D eigenvalue weighted by molar-refractivity contribution is 7.81. The molecule has 0 aromatic heterocycles. The van der Waals surface area contributed by atoms with Gasteiger partial charge in [0, 0.05) is 45.6 Å². The first-order chi connectivity index (χ1) is 38.7. The molecule has 1 saturated carbocycles. The highest BCUT2D eigenvalue weighted by Gasteiger charge is 2.61. The molecule has 1 aromatic rings. The van der Waals surface area contributed by atoms with Gasteiger partial charge in [0.25, 0.3) is 11.8 Å². The van der Waals surface area contributed by atoms with E-state index in [2.05, 4.69) is 17.9 Å². The molecule has 4 heterocycles. The summed E-state index contributed by atoms with van der Waals surface area (Å²) in [4.78, 5) is 163. The molecule has 0 bridgehead atoms. The number of esters is 2. The van der Waals surface area contributed by atoms with Gasteiger partial charge in [0.1, 0.15) is 23.9 Å². The predicted molar refractivity (Wildman–Crippen MR) is 301 cm³/mol. The molecule has 5 aliphatic rings. The number of nitrogens with zero attached hydrogens (tertiary/aromatic N) is 6. The van der Waals surface area contributed by atoms with Crippen LogP contribution < -0.4 is 5.32 Å². The molecule has 1 unspecified atom stereocenters. The molecular weight excluding hydrogens is 1080 g/mol. The molecule has 0 spiro atoms. The summed E-state index contributed by atoms with van der Waals surface area (Å²) in [7, 11) is 6.20. The Hall–Kier alpha value is -6.36. The van der Waals surface area contributed by atoms with Crippen LogP contribution >= 0.6 is 12.6 Å². The Morgan fingerprint density at radius 2 is 1.43 bits per heavy atom. The molecule has 452 valence electrons. The Morgan fingerprint density at radius 3 is 1.99 bits per heavy atom. The van der Waals surface area contributed by atoms with Gasteiger partial charge in [-0.3, -0.25) is 62.8 Å². The molecule has 8 amide bonds. The lowest BCUT2D eigenvalue weighted by Gasteiger charge is -2.42. The zero-order valence-electron chi connectivity index (χ0n) is 49.6. The highest BCUT2D eigenvalue weighted by Crippen LogP contribution is 2.39. The van der Waals surface area contributed by atoms with Crippen molar-refractivity contribution in [2.45, 2.75) is 167 Å². The zero-order valence-corrected chi connectivity index (χ0v) is 50.5. The number of ketones is 1. The lowest BCUT2D eigenvalue weighted by atomic mass is 9.81.